The van der Waals surface area contributed by atoms with Gasteiger partial charge in [-0.15, -0.1) is 0 Å². The van der Waals surface area contributed by atoms with Crippen LogP contribution in [-0.2, 0) is 9.47 Å². The summed E-state index contributed by atoms with van der Waals surface area (Å²) in [4.78, 5) is 0. The molecule has 1 aliphatic rings. The van der Waals surface area contributed by atoms with Gasteiger partial charge in [0, 0.05) is 6.61 Å². The summed E-state index contributed by atoms with van der Waals surface area (Å²) in [6.07, 6.45) is 8.57. The van der Waals surface area contributed by atoms with E-state index < -0.39 is 0 Å². The maximum Gasteiger partial charge on any atom is 0.157 e. The molecular weight excluding hydrogens is 240 g/mol. The van der Waals surface area contributed by atoms with Gasteiger partial charge < -0.3 is 14.2 Å². The summed E-state index contributed by atoms with van der Waals surface area (Å²) in [5.41, 5.74) is 1.18. The van der Waals surface area contributed by atoms with E-state index in [0.717, 1.165) is 38.2 Å². The van der Waals surface area contributed by atoms with E-state index in [1.165, 1.54) is 12.0 Å². The highest BCUT2D eigenvalue weighted by Gasteiger charge is 2.12. The van der Waals surface area contributed by atoms with Gasteiger partial charge in [0.25, 0.3) is 0 Å². The number of methoxy groups -OCH3 is 1. The van der Waals surface area contributed by atoms with Gasteiger partial charge in [-0.3, -0.25) is 0 Å². The fraction of sp³-hybridized carbons (Fsp3) is 0.500. The predicted molar refractivity (Wildman–Crippen MR) is 76.2 cm³/mol. The van der Waals surface area contributed by atoms with Crippen molar-refractivity contribution >= 4 is 6.08 Å². The molecule has 1 saturated heterocycles. The number of rotatable bonds is 6. The summed E-state index contributed by atoms with van der Waals surface area (Å²) in [6.45, 7) is 1.56. The molecule has 1 aromatic rings. The second-order valence-electron chi connectivity index (χ2n) is 4.63. The molecule has 1 aromatic carbocycles. The third kappa shape index (κ3) is 5.05. The zero-order valence-corrected chi connectivity index (χ0v) is 11.5. The molecule has 0 N–H and O–H groups in total. The molecular formula is C16H22O3. The molecule has 1 fully saturated rings. The van der Waals surface area contributed by atoms with Gasteiger partial charge >= 0.3 is 0 Å². The first-order valence-electron chi connectivity index (χ1n) is 6.92. The zero-order valence-electron chi connectivity index (χ0n) is 11.5. The average Bonchev–Trinajstić information content (AvgIpc) is 2.49. The fourth-order valence-corrected chi connectivity index (χ4v) is 2.04. The van der Waals surface area contributed by atoms with Gasteiger partial charge in [-0.05, 0) is 43.4 Å². The van der Waals surface area contributed by atoms with Gasteiger partial charge in [0.2, 0.25) is 0 Å². The average molecular weight is 262 g/mol. The molecule has 0 aromatic heterocycles. The van der Waals surface area contributed by atoms with Crippen LogP contribution in [0.1, 0.15) is 31.2 Å². The third-order valence-corrected chi connectivity index (χ3v) is 3.15. The third-order valence-electron chi connectivity index (χ3n) is 3.15. The lowest BCUT2D eigenvalue weighted by Gasteiger charge is -2.22. The highest BCUT2D eigenvalue weighted by molar-refractivity contribution is 5.50. The Labute approximate surface area is 115 Å². The molecule has 1 heterocycles. The number of ether oxygens (including phenoxy) is 3. The topological polar surface area (TPSA) is 27.7 Å². The lowest BCUT2D eigenvalue weighted by Crippen LogP contribution is -2.22. The summed E-state index contributed by atoms with van der Waals surface area (Å²) in [5.74, 6) is 0.884. The summed E-state index contributed by atoms with van der Waals surface area (Å²) in [6, 6.07) is 8.01. The Hall–Kier alpha value is -1.32. The fourth-order valence-electron chi connectivity index (χ4n) is 2.04. The normalized spacial score (nSPS) is 19.7. The van der Waals surface area contributed by atoms with Gasteiger partial charge in [-0.25, -0.2) is 0 Å². The first-order chi connectivity index (χ1) is 9.38. The van der Waals surface area contributed by atoms with Gasteiger partial charge in [0.1, 0.15) is 5.75 Å². The van der Waals surface area contributed by atoms with E-state index in [9.17, 15) is 0 Å². The Morgan fingerprint density at radius 1 is 1.26 bits per heavy atom. The van der Waals surface area contributed by atoms with Crippen molar-refractivity contribution in [1.82, 2.24) is 0 Å². The van der Waals surface area contributed by atoms with Crippen LogP contribution in [0.5, 0.6) is 5.75 Å². The number of hydrogen-bond donors (Lipinski definition) is 0. The maximum absolute atomic E-state index is 5.66. The second kappa shape index (κ2) is 7.97. The lowest BCUT2D eigenvalue weighted by atomic mass is 10.2. The van der Waals surface area contributed by atoms with Crippen LogP contribution in [0.3, 0.4) is 0 Å². The van der Waals surface area contributed by atoms with E-state index >= 15 is 0 Å². The molecule has 0 spiro atoms. The predicted octanol–water partition coefficient (Wildman–Crippen LogP) is 3.64. The van der Waals surface area contributed by atoms with E-state index in [1.807, 2.05) is 24.3 Å². The van der Waals surface area contributed by atoms with Crippen molar-refractivity contribution in [3.63, 3.8) is 0 Å². The van der Waals surface area contributed by atoms with Crippen molar-refractivity contribution in [3.05, 3.63) is 35.9 Å². The first kappa shape index (κ1) is 14.1. The van der Waals surface area contributed by atoms with Crippen molar-refractivity contribution < 1.29 is 14.2 Å². The van der Waals surface area contributed by atoms with Crippen LogP contribution in [0.4, 0.5) is 0 Å². The molecule has 19 heavy (non-hydrogen) atoms. The molecule has 0 bridgehead atoms. The Balaban J connectivity index is 1.65. The molecule has 3 nitrogen and oxygen atoms in total. The van der Waals surface area contributed by atoms with Crippen molar-refractivity contribution in [2.75, 3.05) is 20.3 Å². The summed E-state index contributed by atoms with van der Waals surface area (Å²) >= 11 is 0. The molecule has 1 aliphatic heterocycles. The SMILES string of the molecule is COc1ccc(/C=C/CCOC2CCCCO2)cc1. The van der Waals surface area contributed by atoms with E-state index in [-0.39, 0.29) is 6.29 Å². The molecule has 0 amide bonds. The molecule has 1 unspecified atom stereocenters. The number of benzene rings is 1. The lowest BCUT2D eigenvalue weighted by molar-refractivity contribution is -0.161. The Morgan fingerprint density at radius 3 is 2.79 bits per heavy atom. The maximum atomic E-state index is 5.66. The molecule has 1 atom stereocenters. The number of hydrogen-bond acceptors (Lipinski definition) is 3. The minimum atomic E-state index is 0.0168. The van der Waals surface area contributed by atoms with Crippen LogP contribution in [0, 0.1) is 0 Å². The quantitative estimate of drug-likeness (QED) is 0.732. The van der Waals surface area contributed by atoms with Crippen LogP contribution < -0.4 is 4.74 Å². The smallest absolute Gasteiger partial charge is 0.157 e. The van der Waals surface area contributed by atoms with E-state index in [0.29, 0.717) is 0 Å². The van der Waals surface area contributed by atoms with Crippen molar-refractivity contribution in [2.45, 2.75) is 32.0 Å². The summed E-state index contributed by atoms with van der Waals surface area (Å²) in [5, 5.41) is 0. The van der Waals surface area contributed by atoms with E-state index in [1.54, 1.807) is 7.11 Å². The second-order valence-corrected chi connectivity index (χ2v) is 4.63. The van der Waals surface area contributed by atoms with Gasteiger partial charge in [0.15, 0.2) is 6.29 Å². The van der Waals surface area contributed by atoms with Crippen molar-refractivity contribution in [3.8, 4) is 5.75 Å². The zero-order chi connectivity index (χ0) is 13.3. The van der Waals surface area contributed by atoms with E-state index in [2.05, 4.69) is 12.2 Å². The van der Waals surface area contributed by atoms with Crippen LogP contribution in [0.15, 0.2) is 30.3 Å². The molecule has 3 heteroatoms. The standard InChI is InChI=1S/C16H22O3/c1-17-15-10-8-14(9-11-15)6-2-4-12-18-16-7-3-5-13-19-16/h2,6,8-11,16H,3-5,7,12-13H2,1H3/b6-2+. The summed E-state index contributed by atoms with van der Waals surface area (Å²) < 4.78 is 16.3. The van der Waals surface area contributed by atoms with Crippen LogP contribution in [0.2, 0.25) is 0 Å². The van der Waals surface area contributed by atoms with Gasteiger partial charge in [0.05, 0.1) is 13.7 Å². The Kier molecular flexibility index (Phi) is 5.92. The summed E-state index contributed by atoms with van der Waals surface area (Å²) in [7, 11) is 1.68. The van der Waals surface area contributed by atoms with Crippen LogP contribution >= 0.6 is 0 Å². The largest absolute Gasteiger partial charge is 0.497 e. The highest BCUT2D eigenvalue weighted by Crippen LogP contribution is 2.14. The van der Waals surface area contributed by atoms with Crippen molar-refractivity contribution in [1.29, 1.82) is 0 Å². The molecule has 104 valence electrons. The first-order valence-corrected chi connectivity index (χ1v) is 6.92. The highest BCUT2D eigenvalue weighted by atomic mass is 16.7. The van der Waals surface area contributed by atoms with E-state index in [4.69, 9.17) is 14.2 Å². The molecule has 2 rings (SSSR count). The minimum Gasteiger partial charge on any atom is -0.497 e. The van der Waals surface area contributed by atoms with Gasteiger partial charge in [-0.1, -0.05) is 24.3 Å². The minimum absolute atomic E-state index is 0.0168. The Morgan fingerprint density at radius 2 is 2.11 bits per heavy atom. The molecule has 0 radical (unpaired) electrons. The van der Waals surface area contributed by atoms with Gasteiger partial charge in [-0.2, -0.15) is 0 Å². The molecule has 0 saturated carbocycles. The Bertz CT molecular complexity index is 377. The monoisotopic (exact) mass is 262 g/mol. The van der Waals surface area contributed by atoms with Crippen molar-refractivity contribution in [2.24, 2.45) is 0 Å². The van der Waals surface area contributed by atoms with Crippen LogP contribution in [-0.4, -0.2) is 26.6 Å². The molecule has 0 aliphatic carbocycles. The van der Waals surface area contributed by atoms with Crippen LogP contribution in [0.25, 0.3) is 6.08 Å².